The number of hydrogen-bond acceptors (Lipinski definition) is 3. The molecule has 0 unspecified atom stereocenters. The van der Waals surface area contributed by atoms with Crippen molar-refractivity contribution in [3.8, 4) is 11.4 Å². The Kier molecular flexibility index (Phi) is 3.77. The van der Waals surface area contributed by atoms with Crippen LogP contribution in [-0.2, 0) is 13.5 Å². The quantitative estimate of drug-likeness (QED) is 0.896. The lowest BCUT2D eigenvalue weighted by molar-refractivity contribution is 0.744. The summed E-state index contributed by atoms with van der Waals surface area (Å²) in [5.41, 5.74) is 7.95. The van der Waals surface area contributed by atoms with Gasteiger partial charge in [-0.25, -0.2) is 9.67 Å². The summed E-state index contributed by atoms with van der Waals surface area (Å²) >= 11 is 0. The average molecular weight is 244 g/mol. The maximum Gasteiger partial charge on any atom is 0.158 e. The zero-order chi connectivity index (χ0) is 13.1. The van der Waals surface area contributed by atoms with Gasteiger partial charge in [0, 0.05) is 19.0 Å². The van der Waals surface area contributed by atoms with Gasteiger partial charge in [0.25, 0.3) is 0 Å². The standard InChI is InChI=1S/C14H20N4/c1-10(2)11-4-6-12(7-5-11)14-16-13(8-9-15)17-18(14)3/h4-7,10H,8-9,15H2,1-3H3. The normalized spacial score (nSPS) is 11.2. The predicted molar refractivity (Wildman–Crippen MR) is 73.3 cm³/mol. The van der Waals surface area contributed by atoms with E-state index in [0.717, 1.165) is 23.6 Å². The predicted octanol–water partition coefficient (Wildman–Crippen LogP) is 2.11. The molecule has 2 N–H and O–H groups in total. The van der Waals surface area contributed by atoms with Crippen molar-refractivity contribution in [2.24, 2.45) is 12.8 Å². The van der Waals surface area contributed by atoms with Gasteiger partial charge in [0.15, 0.2) is 11.6 Å². The van der Waals surface area contributed by atoms with Gasteiger partial charge in [-0.05, 0) is 18.0 Å². The van der Waals surface area contributed by atoms with Gasteiger partial charge in [0.05, 0.1) is 0 Å². The van der Waals surface area contributed by atoms with Crippen molar-refractivity contribution in [3.63, 3.8) is 0 Å². The van der Waals surface area contributed by atoms with E-state index in [0.29, 0.717) is 12.5 Å². The van der Waals surface area contributed by atoms with E-state index in [4.69, 9.17) is 5.73 Å². The van der Waals surface area contributed by atoms with Crippen LogP contribution in [-0.4, -0.2) is 21.3 Å². The highest BCUT2D eigenvalue weighted by Crippen LogP contribution is 2.21. The van der Waals surface area contributed by atoms with Gasteiger partial charge in [-0.15, -0.1) is 0 Å². The van der Waals surface area contributed by atoms with Crippen LogP contribution in [0.3, 0.4) is 0 Å². The molecule has 96 valence electrons. The first kappa shape index (κ1) is 12.8. The molecule has 18 heavy (non-hydrogen) atoms. The monoisotopic (exact) mass is 244 g/mol. The first-order valence-electron chi connectivity index (χ1n) is 6.32. The topological polar surface area (TPSA) is 56.7 Å². The molecule has 1 heterocycles. The molecular weight excluding hydrogens is 224 g/mol. The Balaban J connectivity index is 2.30. The van der Waals surface area contributed by atoms with E-state index in [-0.39, 0.29) is 0 Å². The van der Waals surface area contributed by atoms with E-state index >= 15 is 0 Å². The smallest absolute Gasteiger partial charge is 0.158 e. The Bertz CT molecular complexity index is 511. The fourth-order valence-corrected chi connectivity index (χ4v) is 1.94. The lowest BCUT2D eigenvalue weighted by Crippen LogP contribution is -2.04. The lowest BCUT2D eigenvalue weighted by atomic mass is 10.0. The molecule has 0 amide bonds. The minimum absolute atomic E-state index is 0.548. The van der Waals surface area contributed by atoms with E-state index in [1.807, 2.05) is 11.7 Å². The summed E-state index contributed by atoms with van der Waals surface area (Å²) in [5, 5.41) is 4.36. The van der Waals surface area contributed by atoms with Crippen LogP contribution < -0.4 is 5.73 Å². The highest BCUT2D eigenvalue weighted by Gasteiger charge is 2.09. The number of rotatable bonds is 4. The Labute approximate surface area is 108 Å². The second-order valence-electron chi connectivity index (χ2n) is 4.79. The first-order valence-corrected chi connectivity index (χ1v) is 6.32. The van der Waals surface area contributed by atoms with Crippen molar-refractivity contribution in [2.75, 3.05) is 6.54 Å². The molecule has 4 heteroatoms. The third-order valence-electron chi connectivity index (χ3n) is 3.01. The summed E-state index contributed by atoms with van der Waals surface area (Å²) in [6.45, 7) is 4.96. The van der Waals surface area contributed by atoms with Crippen molar-refractivity contribution < 1.29 is 0 Å². The third kappa shape index (κ3) is 2.59. The number of aromatic nitrogens is 3. The van der Waals surface area contributed by atoms with Crippen molar-refractivity contribution in [2.45, 2.75) is 26.2 Å². The molecule has 0 bridgehead atoms. The molecule has 0 aliphatic rings. The fourth-order valence-electron chi connectivity index (χ4n) is 1.94. The van der Waals surface area contributed by atoms with Crippen LogP contribution >= 0.6 is 0 Å². The Morgan fingerprint density at radius 3 is 2.44 bits per heavy atom. The molecule has 2 rings (SSSR count). The lowest BCUT2D eigenvalue weighted by Gasteiger charge is -2.06. The van der Waals surface area contributed by atoms with Crippen molar-refractivity contribution in [1.82, 2.24) is 14.8 Å². The van der Waals surface area contributed by atoms with Gasteiger partial charge in [0.1, 0.15) is 0 Å². The van der Waals surface area contributed by atoms with Crippen LogP contribution in [0.4, 0.5) is 0 Å². The van der Waals surface area contributed by atoms with E-state index in [9.17, 15) is 0 Å². The third-order valence-corrected chi connectivity index (χ3v) is 3.01. The van der Waals surface area contributed by atoms with Crippen molar-refractivity contribution in [1.29, 1.82) is 0 Å². The number of nitrogens with zero attached hydrogens (tertiary/aromatic N) is 3. The molecule has 0 fully saturated rings. The SMILES string of the molecule is CC(C)c1ccc(-c2nc(CCN)nn2C)cc1. The number of benzene rings is 1. The zero-order valence-electron chi connectivity index (χ0n) is 11.2. The van der Waals surface area contributed by atoms with Gasteiger partial charge < -0.3 is 5.73 Å². The Hall–Kier alpha value is -1.68. The van der Waals surface area contributed by atoms with E-state index in [1.54, 1.807) is 0 Å². The molecular formula is C14H20N4. The minimum atomic E-state index is 0.548. The second-order valence-corrected chi connectivity index (χ2v) is 4.79. The van der Waals surface area contributed by atoms with Gasteiger partial charge >= 0.3 is 0 Å². The molecule has 1 aromatic heterocycles. The van der Waals surface area contributed by atoms with Gasteiger partial charge in [0.2, 0.25) is 0 Å². The second kappa shape index (κ2) is 5.31. The highest BCUT2D eigenvalue weighted by atomic mass is 15.3. The Morgan fingerprint density at radius 1 is 1.22 bits per heavy atom. The molecule has 0 spiro atoms. The summed E-state index contributed by atoms with van der Waals surface area (Å²) in [6, 6.07) is 8.51. The molecule has 0 atom stereocenters. The van der Waals surface area contributed by atoms with E-state index < -0.39 is 0 Å². The molecule has 0 saturated heterocycles. The summed E-state index contributed by atoms with van der Waals surface area (Å²) in [6.07, 6.45) is 0.720. The highest BCUT2D eigenvalue weighted by molar-refractivity contribution is 5.55. The van der Waals surface area contributed by atoms with Crippen LogP contribution in [0.1, 0.15) is 31.2 Å². The zero-order valence-corrected chi connectivity index (χ0v) is 11.2. The molecule has 0 aliphatic carbocycles. The fraction of sp³-hybridized carbons (Fsp3) is 0.429. The van der Waals surface area contributed by atoms with Crippen LogP contribution in [0.5, 0.6) is 0 Å². The number of nitrogens with two attached hydrogens (primary N) is 1. The molecule has 0 saturated carbocycles. The van der Waals surface area contributed by atoms with Crippen molar-refractivity contribution in [3.05, 3.63) is 35.7 Å². The summed E-state index contributed by atoms with van der Waals surface area (Å²) in [7, 11) is 1.92. The van der Waals surface area contributed by atoms with Gasteiger partial charge in [-0.2, -0.15) is 5.10 Å². The van der Waals surface area contributed by atoms with Crippen molar-refractivity contribution >= 4 is 0 Å². The summed E-state index contributed by atoms with van der Waals surface area (Å²) in [4.78, 5) is 4.52. The van der Waals surface area contributed by atoms with Crippen LogP contribution in [0, 0.1) is 0 Å². The van der Waals surface area contributed by atoms with Crippen LogP contribution in [0.15, 0.2) is 24.3 Å². The maximum atomic E-state index is 5.52. The van der Waals surface area contributed by atoms with E-state index in [1.165, 1.54) is 5.56 Å². The number of hydrogen-bond donors (Lipinski definition) is 1. The van der Waals surface area contributed by atoms with Crippen LogP contribution in [0.2, 0.25) is 0 Å². The summed E-state index contributed by atoms with van der Waals surface area (Å²) in [5.74, 6) is 2.25. The molecule has 1 aromatic carbocycles. The van der Waals surface area contributed by atoms with Gasteiger partial charge in [-0.3, -0.25) is 0 Å². The van der Waals surface area contributed by atoms with Crippen LogP contribution in [0.25, 0.3) is 11.4 Å². The average Bonchev–Trinajstić information content (AvgIpc) is 2.71. The van der Waals surface area contributed by atoms with E-state index in [2.05, 4.69) is 48.2 Å². The molecule has 2 aromatic rings. The Morgan fingerprint density at radius 2 is 1.89 bits per heavy atom. The summed E-state index contributed by atoms with van der Waals surface area (Å²) < 4.78 is 1.81. The van der Waals surface area contributed by atoms with Gasteiger partial charge in [-0.1, -0.05) is 38.1 Å². The molecule has 0 radical (unpaired) electrons. The molecule has 4 nitrogen and oxygen atoms in total. The number of aryl methyl sites for hydroxylation is 1. The largest absolute Gasteiger partial charge is 0.330 e. The minimum Gasteiger partial charge on any atom is -0.330 e. The first-order chi connectivity index (χ1) is 8.61. The maximum absolute atomic E-state index is 5.52. The molecule has 0 aliphatic heterocycles.